The minimum atomic E-state index is -0.763. The molecule has 0 fully saturated rings. The van der Waals surface area contributed by atoms with Gasteiger partial charge in [0.25, 0.3) is 5.91 Å². The Morgan fingerprint density at radius 1 is 1.15 bits per heavy atom. The number of phenolic OH excluding ortho intramolecular Hbond substituents is 1. The van der Waals surface area contributed by atoms with Crippen molar-refractivity contribution in [3.63, 3.8) is 0 Å². The van der Waals surface area contributed by atoms with Gasteiger partial charge in [-0.3, -0.25) is 10.2 Å². The van der Waals surface area contributed by atoms with E-state index in [9.17, 15) is 14.7 Å². The quantitative estimate of drug-likeness (QED) is 0.730. The molecule has 3 N–H and O–H groups in total. The monoisotopic (exact) mass is 274 g/mol. The number of hydrogen-bond acceptors (Lipinski definition) is 4. The standard InChI is InChI=1S/C14H14N2O4/c1-2-20-14(19)16-15-13(18)11-7-9-5-3-4-6-10(9)8-12(11)17/h3-8,17H,2H2,1H3,(H,15,18)(H,16,19). The first-order chi connectivity index (χ1) is 9.61. The molecule has 0 radical (unpaired) electrons. The minimum Gasteiger partial charge on any atom is -0.507 e. The number of hydrazine groups is 1. The number of carbonyl (C=O) groups is 2. The van der Waals surface area contributed by atoms with Crippen molar-refractivity contribution in [2.45, 2.75) is 6.92 Å². The van der Waals surface area contributed by atoms with Crippen LogP contribution in [0.1, 0.15) is 17.3 Å². The van der Waals surface area contributed by atoms with Crippen molar-refractivity contribution < 1.29 is 19.4 Å². The second-order valence-electron chi connectivity index (χ2n) is 4.02. The molecule has 2 rings (SSSR count). The van der Waals surface area contributed by atoms with Gasteiger partial charge < -0.3 is 9.84 Å². The fraction of sp³-hybridized carbons (Fsp3) is 0.143. The summed E-state index contributed by atoms with van der Waals surface area (Å²) in [6.07, 6.45) is -0.763. The summed E-state index contributed by atoms with van der Waals surface area (Å²) in [6, 6.07) is 10.4. The molecule has 6 nitrogen and oxygen atoms in total. The lowest BCUT2D eigenvalue weighted by Crippen LogP contribution is -2.41. The highest BCUT2D eigenvalue weighted by molar-refractivity contribution is 6.01. The van der Waals surface area contributed by atoms with Gasteiger partial charge in [-0.05, 0) is 29.8 Å². The molecule has 0 saturated heterocycles. The summed E-state index contributed by atoms with van der Waals surface area (Å²) in [4.78, 5) is 22.9. The van der Waals surface area contributed by atoms with E-state index < -0.39 is 12.0 Å². The summed E-state index contributed by atoms with van der Waals surface area (Å²) < 4.78 is 4.60. The van der Waals surface area contributed by atoms with E-state index in [1.165, 1.54) is 6.07 Å². The summed E-state index contributed by atoms with van der Waals surface area (Å²) in [6.45, 7) is 1.85. The predicted octanol–water partition coefficient (Wildman–Crippen LogP) is 1.94. The highest BCUT2D eigenvalue weighted by atomic mass is 16.5. The summed E-state index contributed by atoms with van der Waals surface area (Å²) in [7, 11) is 0. The zero-order valence-electron chi connectivity index (χ0n) is 10.8. The van der Waals surface area contributed by atoms with E-state index in [-0.39, 0.29) is 17.9 Å². The summed E-state index contributed by atoms with van der Waals surface area (Å²) in [5, 5.41) is 11.5. The van der Waals surface area contributed by atoms with Crippen LogP contribution < -0.4 is 10.9 Å². The van der Waals surface area contributed by atoms with Crippen LogP contribution in [0, 0.1) is 0 Å². The number of carbonyl (C=O) groups excluding carboxylic acids is 2. The topological polar surface area (TPSA) is 87.7 Å². The number of ether oxygens (including phenoxy) is 1. The van der Waals surface area contributed by atoms with Crippen LogP contribution in [0.25, 0.3) is 10.8 Å². The van der Waals surface area contributed by atoms with Crippen LogP contribution in [0.2, 0.25) is 0 Å². The Morgan fingerprint density at radius 3 is 2.45 bits per heavy atom. The third kappa shape index (κ3) is 2.97. The Kier molecular flexibility index (Phi) is 4.05. The number of hydrogen-bond donors (Lipinski definition) is 3. The van der Waals surface area contributed by atoms with Crippen molar-refractivity contribution in [3.05, 3.63) is 42.0 Å². The fourth-order valence-electron chi connectivity index (χ4n) is 1.75. The molecule has 0 aliphatic heterocycles. The van der Waals surface area contributed by atoms with Crippen LogP contribution in [0.4, 0.5) is 4.79 Å². The molecule has 2 aromatic rings. The maximum atomic E-state index is 11.9. The van der Waals surface area contributed by atoms with Gasteiger partial charge in [-0.15, -0.1) is 0 Å². The second-order valence-corrected chi connectivity index (χ2v) is 4.02. The zero-order valence-corrected chi connectivity index (χ0v) is 10.8. The molecule has 20 heavy (non-hydrogen) atoms. The van der Waals surface area contributed by atoms with Crippen molar-refractivity contribution in [2.75, 3.05) is 6.61 Å². The van der Waals surface area contributed by atoms with E-state index in [4.69, 9.17) is 0 Å². The van der Waals surface area contributed by atoms with Gasteiger partial charge in [-0.1, -0.05) is 24.3 Å². The van der Waals surface area contributed by atoms with Crippen molar-refractivity contribution in [3.8, 4) is 5.75 Å². The van der Waals surface area contributed by atoms with Gasteiger partial charge in [0.1, 0.15) is 5.75 Å². The van der Waals surface area contributed by atoms with Gasteiger partial charge in [-0.25, -0.2) is 10.2 Å². The normalized spacial score (nSPS) is 10.1. The van der Waals surface area contributed by atoms with Crippen molar-refractivity contribution >= 4 is 22.8 Å². The van der Waals surface area contributed by atoms with Crippen molar-refractivity contribution in [2.24, 2.45) is 0 Å². The van der Waals surface area contributed by atoms with E-state index >= 15 is 0 Å². The first-order valence-electron chi connectivity index (χ1n) is 6.06. The average molecular weight is 274 g/mol. The molecule has 0 aliphatic carbocycles. The molecule has 2 aromatic carbocycles. The number of benzene rings is 2. The third-order valence-corrected chi connectivity index (χ3v) is 2.66. The minimum absolute atomic E-state index is 0.0699. The molecule has 104 valence electrons. The molecule has 0 heterocycles. The molecule has 0 saturated carbocycles. The number of fused-ring (bicyclic) bond motifs is 1. The predicted molar refractivity (Wildman–Crippen MR) is 73.2 cm³/mol. The van der Waals surface area contributed by atoms with E-state index in [2.05, 4.69) is 15.6 Å². The molecule has 0 bridgehead atoms. The van der Waals surface area contributed by atoms with Gasteiger partial charge in [0.2, 0.25) is 0 Å². The van der Waals surface area contributed by atoms with Crippen LogP contribution in [0.15, 0.2) is 36.4 Å². The SMILES string of the molecule is CCOC(=O)NNC(=O)c1cc2ccccc2cc1O. The summed E-state index contributed by atoms with van der Waals surface area (Å²) in [5.41, 5.74) is 4.32. The molecule has 0 aliphatic rings. The van der Waals surface area contributed by atoms with Crippen LogP contribution in [-0.2, 0) is 4.74 Å². The Balaban J connectivity index is 2.17. The highest BCUT2D eigenvalue weighted by Gasteiger charge is 2.13. The van der Waals surface area contributed by atoms with Crippen LogP contribution in [-0.4, -0.2) is 23.7 Å². The van der Waals surface area contributed by atoms with E-state index in [0.29, 0.717) is 0 Å². The van der Waals surface area contributed by atoms with E-state index in [0.717, 1.165) is 10.8 Å². The molecule has 6 heteroatoms. The summed E-state index contributed by atoms with van der Waals surface area (Å²) in [5.74, 6) is -0.784. The Hall–Kier alpha value is -2.76. The van der Waals surface area contributed by atoms with Crippen molar-refractivity contribution in [1.82, 2.24) is 10.9 Å². The Bertz CT molecular complexity index is 655. The fourth-order valence-corrected chi connectivity index (χ4v) is 1.75. The molecule has 0 atom stereocenters. The third-order valence-electron chi connectivity index (χ3n) is 2.66. The van der Waals surface area contributed by atoms with Gasteiger partial charge in [0.15, 0.2) is 0 Å². The lowest BCUT2D eigenvalue weighted by Gasteiger charge is -2.09. The van der Waals surface area contributed by atoms with Gasteiger partial charge in [0.05, 0.1) is 12.2 Å². The average Bonchev–Trinajstić information content (AvgIpc) is 2.44. The molecular formula is C14H14N2O4. The Labute approximate surface area is 115 Å². The molecule has 0 spiro atoms. The number of rotatable bonds is 2. The van der Waals surface area contributed by atoms with E-state index in [1.54, 1.807) is 13.0 Å². The smallest absolute Gasteiger partial charge is 0.426 e. The van der Waals surface area contributed by atoms with Gasteiger partial charge in [0, 0.05) is 0 Å². The molecule has 2 amide bonds. The number of nitrogens with one attached hydrogen (secondary N) is 2. The maximum Gasteiger partial charge on any atom is 0.426 e. The Morgan fingerprint density at radius 2 is 1.80 bits per heavy atom. The molecule has 0 unspecified atom stereocenters. The molecular weight excluding hydrogens is 260 g/mol. The lowest BCUT2D eigenvalue weighted by atomic mass is 10.1. The first kappa shape index (κ1) is 13.7. The lowest BCUT2D eigenvalue weighted by molar-refractivity contribution is 0.0910. The summed E-state index contributed by atoms with van der Waals surface area (Å²) >= 11 is 0. The first-order valence-corrected chi connectivity index (χ1v) is 6.06. The van der Waals surface area contributed by atoms with Crippen LogP contribution in [0.5, 0.6) is 5.75 Å². The number of phenols is 1. The number of amides is 2. The molecule has 0 aromatic heterocycles. The number of aromatic hydroxyl groups is 1. The van der Waals surface area contributed by atoms with Gasteiger partial charge >= 0.3 is 6.09 Å². The largest absolute Gasteiger partial charge is 0.507 e. The van der Waals surface area contributed by atoms with Crippen molar-refractivity contribution in [1.29, 1.82) is 0 Å². The zero-order chi connectivity index (χ0) is 14.5. The second kappa shape index (κ2) is 5.92. The van der Waals surface area contributed by atoms with Crippen LogP contribution >= 0.6 is 0 Å². The maximum absolute atomic E-state index is 11.9. The highest BCUT2D eigenvalue weighted by Crippen LogP contribution is 2.24. The van der Waals surface area contributed by atoms with Crippen LogP contribution in [0.3, 0.4) is 0 Å². The van der Waals surface area contributed by atoms with E-state index in [1.807, 2.05) is 24.3 Å². The van der Waals surface area contributed by atoms with Gasteiger partial charge in [-0.2, -0.15) is 0 Å².